The van der Waals surface area contributed by atoms with Gasteiger partial charge in [0.05, 0.1) is 0 Å². The highest BCUT2D eigenvalue weighted by Crippen LogP contribution is 2.13. The van der Waals surface area contributed by atoms with Crippen molar-refractivity contribution in [3.63, 3.8) is 0 Å². The molecule has 0 aliphatic carbocycles. The summed E-state index contributed by atoms with van der Waals surface area (Å²) in [5.41, 5.74) is 0. The Kier molecular flexibility index (Phi) is 6.96. The maximum atomic E-state index is 3.45. The quantitative estimate of drug-likeness (QED) is 0.689. The maximum Gasteiger partial charge on any atom is 0.0144 e. The zero-order valence-corrected chi connectivity index (χ0v) is 9.87. The predicted octanol–water partition coefficient (Wildman–Crippen LogP) is 2.76. The molecular weight excluding hydrogens is 166 g/mol. The molecule has 0 bridgehead atoms. The number of hydrogen-bond acceptors (Lipinski definition) is 2. The van der Waals surface area contributed by atoms with E-state index in [0.717, 1.165) is 17.7 Å². The third kappa shape index (κ3) is 8.41. The third-order valence-corrected chi connectivity index (χ3v) is 3.12. The maximum absolute atomic E-state index is 3.45. The van der Waals surface area contributed by atoms with Crippen LogP contribution in [0.25, 0.3) is 0 Å². The molecule has 12 heavy (non-hydrogen) atoms. The fourth-order valence-electron chi connectivity index (χ4n) is 0.817. The van der Waals surface area contributed by atoms with Crippen LogP contribution in [0, 0.1) is 5.92 Å². The Morgan fingerprint density at radius 3 is 2.08 bits per heavy atom. The average molecular weight is 189 g/mol. The minimum Gasteiger partial charge on any atom is -0.313 e. The van der Waals surface area contributed by atoms with Crippen molar-refractivity contribution in [3.05, 3.63) is 0 Å². The van der Waals surface area contributed by atoms with Crippen molar-refractivity contribution in [2.75, 3.05) is 12.3 Å². The molecule has 0 radical (unpaired) electrons. The zero-order valence-electron chi connectivity index (χ0n) is 9.05. The van der Waals surface area contributed by atoms with Gasteiger partial charge in [-0.15, -0.1) is 0 Å². The predicted molar refractivity (Wildman–Crippen MR) is 59.9 cm³/mol. The molecule has 0 aromatic carbocycles. The van der Waals surface area contributed by atoms with Gasteiger partial charge in [0, 0.05) is 17.8 Å². The van der Waals surface area contributed by atoms with Gasteiger partial charge in [0.2, 0.25) is 0 Å². The lowest BCUT2D eigenvalue weighted by Gasteiger charge is -2.15. The van der Waals surface area contributed by atoms with Crippen molar-refractivity contribution < 1.29 is 0 Å². The van der Waals surface area contributed by atoms with E-state index >= 15 is 0 Å². The van der Waals surface area contributed by atoms with E-state index in [1.807, 2.05) is 0 Å². The Labute approximate surface area is 81.7 Å². The molecule has 0 aromatic heterocycles. The van der Waals surface area contributed by atoms with Crippen LogP contribution in [0.4, 0.5) is 0 Å². The Morgan fingerprint density at radius 1 is 1.08 bits per heavy atom. The number of thioether (sulfide) groups is 1. The fourth-order valence-corrected chi connectivity index (χ4v) is 1.74. The van der Waals surface area contributed by atoms with E-state index in [-0.39, 0.29) is 0 Å². The van der Waals surface area contributed by atoms with Gasteiger partial charge in [-0.1, -0.05) is 34.6 Å². The Balaban J connectivity index is 3.27. The summed E-state index contributed by atoms with van der Waals surface area (Å²) in [6.07, 6.45) is 0. The Hall–Kier alpha value is 0.310. The van der Waals surface area contributed by atoms with Gasteiger partial charge in [-0.25, -0.2) is 0 Å². The first-order valence-electron chi connectivity index (χ1n) is 4.87. The van der Waals surface area contributed by atoms with Crippen LogP contribution in [-0.2, 0) is 0 Å². The van der Waals surface area contributed by atoms with Gasteiger partial charge in [-0.3, -0.25) is 0 Å². The van der Waals surface area contributed by atoms with Gasteiger partial charge in [-0.2, -0.15) is 11.8 Å². The molecule has 1 nitrogen and oxygen atoms in total. The van der Waals surface area contributed by atoms with Gasteiger partial charge in [0.15, 0.2) is 0 Å². The molecule has 2 heteroatoms. The summed E-state index contributed by atoms with van der Waals surface area (Å²) >= 11 is 2.06. The second-order valence-corrected chi connectivity index (χ2v) is 5.57. The molecule has 0 saturated heterocycles. The third-order valence-electron chi connectivity index (χ3n) is 1.53. The lowest BCUT2D eigenvalue weighted by atomic mass is 10.3. The summed E-state index contributed by atoms with van der Waals surface area (Å²) in [5, 5.41) is 4.19. The summed E-state index contributed by atoms with van der Waals surface area (Å²) < 4.78 is 0. The summed E-state index contributed by atoms with van der Waals surface area (Å²) in [7, 11) is 0. The molecule has 0 spiro atoms. The molecule has 0 amide bonds. The van der Waals surface area contributed by atoms with Crippen LogP contribution in [0.1, 0.15) is 34.6 Å². The second-order valence-electron chi connectivity index (χ2n) is 4.10. The number of nitrogens with one attached hydrogen (secondary N) is 1. The van der Waals surface area contributed by atoms with Gasteiger partial charge in [0.25, 0.3) is 0 Å². The van der Waals surface area contributed by atoms with Crippen molar-refractivity contribution in [1.29, 1.82) is 0 Å². The van der Waals surface area contributed by atoms with Gasteiger partial charge >= 0.3 is 0 Å². The lowest BCUT2D eigenvalue weighted by molar-refractivity contribution is 0.588. The zero-order chi connectivity index (χ0) is 9.56. The van der Waals surface area contributed by atoms with E-state index in [9.17, 15) is 0 Å². The standard InChI is InChI=1S/C10H23NS/c1-8(2)7-12-10(5)6-11-9(3)4/h8-11H,6-7H2,1-5H3. The first kappa shape index (κ1) is 12.3. The summed E-state index contributed by atoms with van der Waals surface area (Å²) in [5.74, 6) is 2.09. The molecule has 1 atom stereocenters. The first-order chi connectivity index (χ1) is 5.52. The normalized spacial score (nSPS) is 14.2. The van der Waals surface area contributed by atoms with Crippen LogP contribution >= 0.6 is 11.8 Å². The summed E-state index contributed by atoms with van der Waals surface area (Å²) in [6.45, 7) is 12.4. The lowest BCUT2D eigenvalue weighted by Crippen LogP contribution is -2.29. The monoisotopic (exact) mass is 189 g/mol. The van der Waals surface area contributed by atoms with E-state index in [1.54, 1.807) is 0 Å². The molecule has 0 saturated carbocycles. The SMILES string of the molecule is CC(C)CSC(C)CNC(C)C. The van der Waals surface area contributed by atoms with Crippen molar-refractivity contribution in [2.45, 2.75) is 45.9 Å². The Bertz CT molecular complexity index is 90.0. The van der Waals surface area contributed by atoms with Gasteiger partial charge < -0.3 is 5.32 Å². The molecule has 0 heterocycles. The number of hydrogen-bond donors (Lipinski definition) is 1. The molecule has 0 aromatic rings. The van der Waals surface area contributed by atoms with E-state index in [4.69, 9.17) is 0 Å². The van der Waals surface area contributed by atoms with E-state index in [0.29, 0.717) is 6.04 Å². The summed E-state index contributed by atoms with van der Waals surface area (Å²) in [6, 6.07) is 0.618. The molecule has 74 valence electrons. The molecule has 0 rings (SSSR count). The van der Waals surface area contributed by atoms with Crippen molar-refractivity contribution in [3.8, 4) is 0 Å². The minimum atomic E-state index is 0.618. The van der Waals surface area contributed by atoms with E-state index < -0.39 is 0 Å². The van der Waals surface area contributed by atoms with Crippen molar-refractivity contribution in [1.82, 2.24) is 5.32 Å². The highest BCUT2D eigenvalue weighted by atomic mass is 32.2. The van der Waals surface area contributed by atoms with Crippen LogP contribution in [0.3, 0.4) is 0 Å². The molecule has 1 unspecified atom stereocenters. The van der Waals surface area contributed by atoms with E-state index in [1.165, 1.54) is 5.75 Å². The molecular formula is C10H23NS. The van der Waals surface area contributed by atoms with Crippen LogP contribution in [-0.4, -0.2) is 23.6 Å². The molecule has 0 fully saturated rings. The largest absolute Gasteiger partial charge is 0.313 e. The fraction of sp³-hybridized carbons (Fsp3) is 1.00. The highest BCUT2D eigenvalue weighted by molar-refractivity contribution is 7.99. The van der Waals surface area contributed by atoms with Crippen LogP contribution in [0.15, 0.2) is 0 Å². The van der Waals surface area contributed by atoms with Crippen LogP contribution in [0.5, 0.6) is 0 Å². The topological polar surface area (TPSA) is 12.0 Å². The highest BCUT2D eigenvalue weighted by Gasteiger charge is 2.04. The van der Waals surface area contributed by atoms with Crippen LogP contribution < -0.4 is 5.32 Å². The minimum absolute atomic E-state index is 0.618. The molecule has 0 aliphatic heterocycles. The van der Waals surface area contributed by atoms with E-state index in [2.05, 4.69) is 51.7 Å². The number of rotatable bonds is 6. The average Bonchev–Trinajstić information content (AvgIpc) is 1.96. The van der Waals surface area contributed by atoms with Gasteiger partial charge in [0.1, 0.15) is 0 Å². The van der Waals surface area contributed by atoms with Crippen molar-refractivity contribution >= 4 is 11.8 Å². The Morgan fingerprint density at radius 2 is 1.67 bits per heavy atom. The van der Waals surface area contributed by atoms with Gasteiger partial charge in [-0.05, 0) is 11.7 Å². The van der Waals surface area contributed by atoms with Crippen molar-refractivity contribution in [2.24, 2.45) is 5.92 Å². The molecule has 1 N–H and O–H groups in total. The smallest absolute Gasteiger partial charge is 0.0144 e. The second kappa shape index (κ2) is 6.79. The first-order valence-corrected chi connectivity index (χ1v) is 5.92. The van der Waals surface area contributed by atoms with Crippen LogP contribution in [0.2, 0.25) is 0 Å². The molecule has 0 aliphatic rings. The summed E-state index contributed by atoms with van der Waals surface area (Å²) in [4.78, 5) is 0.